The molecule has 0 bridgehead atoms. The predicted octanol–water partition coefficient (Wildman–Crippen LogP) is 4.15. The Balaban J connectivity index is 1.92. The van der Waals surface area contributed by atoms with Gasteiger partial charge in [0.05, 0.1) is 7.11 Å². The minimum Gasteiger partial charge on any atom is -0.497 e. The van der Waals surface area contributed by atoms with Crippen LogP contribution in [0.3, 0.4) is 0 Å². The van der Waals surface area contributed by atoms with Crippen LogP contribution in [0.1, 0.15) is 45.6 Å². The van der Waals surface area contributed by atoms with Crippen LogP contribution >= 0.6 is 0 Å². The normalized spacial score (nSPS) is 21.9. The van der Waals surface area contributed by atoms with E-state index in [0.29, 0.717) is 29.1 Å². The van der Waals surface area contributed by atoms with Crippen molar-refractivity contribution in [2.75, 3.05) is 13.7 Å². The summed E-state index contributed by atoms with van der Waals surface area (Å²) in [6.07, 6.45) is 4.23. The Kier molecular flexibility index (Phi) is 8.26. The van der Waals surface area contributed by atoms with Gasteiger partial charge in [0.15, 0.2) is 6.61 Å². The van der Waals surface area contributed by atoms with Gasteiger partial charge in [-0.15, -0.1) is 0 Å². The fourth-order valence-electron chi connectivity index (χ4n) is 3.66. The van der Waals surface area contributed by atoms with Crippen LogP contribution in [0.2, 0.25) is 0 Å². The molecule has 3 unspecified atom stereocenters. The highest BCUT2D eigenvalue weighted by Crippen LogP contribution is 2.35. The van der Waals surface area contributed by atoms with Crippen LogP contribution in [0.15, 0.2) is 29.8 Å². The Morgan fingerprint density at radius 2 is 1.93 bits per heavy atom. The predicted molar refractivity (Wildman–Crippen MR) is 109 cm³/mol. The lowest BCUT2D eigenvalue weighted by molar-refractivity contribution is -0.165. The number of hydrogen-bond donors (Lipinski definition) is 0. The Morgan fingerprint density at radius 3 is 2.52 bits per heavy atom. The van der Waals surface area contributed by atoms with Gasteiger partial charge in [0.2, 0.25) is 0 Å². The lowest BCUT2D eigenvalue weighted by atomic mass is 9.75. The summed E-state index contributed by atoms with van der Waals surface area (Å²) in [5.41, 5.74) is 0.465. The molecule has 1 fully saturated rings. The van der Waals surface area contributed by atoms with Crippen molar-refractivity contribution in [3.05, 3.63) is 35.4 Å². The summed E-state index contributed by atoms with van der Waals surface area (Å²) < 4.78 is 15.7. The van der Waals surface area contributed by atoms with Crippen LogP contribution in [0.5, 0.6) is 5.75 Å². The zero-order valence-corrected chi connectivity index (χ0v) is 17.5. The Bertz CT molecular complexity index is 775. The highest BCUT2D eigenvalue weighted by Gasteiger charge is 2.33. The molecule has 0 N–H and O–H groups in total. The Hall–Kier alpha value is -2.81. The molecule has 6 heteroatoms. The monoisotopic (exact) mass is 399 g/mol. The Labute approximate surface area is 172 Å². The summed E-state index contributed by atoms with van der Waals surface area (Å²) >= 11 is 0. The number of benzene rings is 1. The van der Waals surface area contributed by atoms with E-state index in [9.17, 15) is 14.9 Å². The summed E-state index contributed by atoms with van der Waals surface area (Å²) in [4.78, 5) is 24.4. The number of esters is 2. The summed E-state index contributed by atoms with van der Waals surface area (Å²) in [5.74, 6) is 0.476. The molecule has 1 aliphatic carbocycles. The van der Waals surface area contributed by atoms with E-state index in [0.717, 1.165) is 19.3 Å². The highest BCUT2D eigenvalue weighted by atomic mass is 16.6. The van der Waals surface area contributed by atoms with E-state index < -0.39 is 18.5 Å². The molecule has 0 saturated heterocycles. The summed E-state index contributed by atoms with van der Waals surface area (Å²) in [6, 6.07) is 8.69. The number of nitrogens with zero attached hydrogens (tertiary/aromatic N) is 1. The molecule has 29 heavy (non-hydrogen) atoms. The first-order valence-electron chi connectivity index (χ1n) is 9.96. The molecule has 3 atom stereocenters. The molecular weight excluding hydrogens is 370 g/mol. The van der Waals surface area contributed by atoms with Crippen LogP contribution in [-0.2, 0) is 19.1 Å². The van der Waals surface area contributed by atoms with E-state index in [1.807, 2.05) is 6.07 Å². The Morgan fingerprint density at radius 1 is 1.24 bits per heavy atom. The van der Waals surface area contributed by atoms with Gasteiger partial charge in [0.25, 0.3) is 0 Å². The number of hydrogen-bond acceptors (Lipinski definition) is 6. The van der Waals surface area contributed by atoms with Gasteiger partial charge in [-0.1, -0.05) is 39.3 Å². The molecule has 0 spiro atoms. The van der Waals surface area contributed by atoms with Crippen molar-refractivity contribution in [2.45, 2.75) is 46.1 Å². The van der Waals surface area contributed by atoms with Crippen molar-refractivity contribution in [1.29, 1.82) is 5.26 Å². The van der Waals surface area contributed by atoms with Crippen molar-refractivity contribution in [3.63, 3.8) is 0 Å². The number of ether oxygens (including phenoxy) is 3. The number of carbonyl (C=O) groups excluding carboxylic acids is 2. The van der Waals surface area contributed by atoms with Gasteiger partial charge in [0, 0.05) is 0 Å². The first kappa shape index (κ1) is 22.5. The second-order valence-electron chi connectivity index (χ2n) is 7.87. The van der Waals surface area contributed by atoms with Gasteiger partial charge in [-0.05, 0) is 54.4 Å². The third-order valence-electron chi connectivity index (χ3n) is 5.33. The van der Waals surface area contributed by atoms with Gasteiger partial charge in [-0.25, -0.2) is 9.59 Å². The number of nitriles is 1. The smallest absolute Gasteiger partial charge is 0.349 e. The van der Waals surface area contributed by atoms with Crippen molar-refractivity contribution < 1.29 is 23.8 Å². The molecule has 0 aliphatic heterocycles. The zero-order chi connectivity index (χ0) is 21.4. The fourth-order valence-corrected chi connectivity index (χ4v) is 3.66. The van der Waals surface area contributed by atoms with Crippen molar-refractivity contribution in [2.24, 2.45) is 17.8 Å². The standard InChI is InChI=1S/C23H29NO5/c1-15(2)20-10-5-16(3)11-21(20)29-22(25)14-28-23(26)18(13-24)12-17-6-8-19(27-4)9-7-17/h6-9,12,15-16,20-21H,5,10-11,14H2,1-4H3. The average molecular weight is 399 g/mol. The van der Waals surface area contributed by atoms with Gasteiger partial charge in [-0.2, -0.15) is 5.26 Å². The molecule has 156 valence electrons. The fraction of sp³-hybridized carbons (Fsp3) is 0.522. The summed E-state index contributed by atoms with van der Waals surface area (Å²) in [7, 11) is 1.55. The maximum atomic E-state index is 12.2. The molecule has 1 saturated carbocycles. The van der Waals surface area contributed by atoms with E-state index in [4.69, 9.17) is 14.2 Å². The minimum atomic E-state index is -0.849. The van der Waals surface area contributed by atoms with Gasteiger partial charge >= 0.3 is 11.9 Å². The third-order valence-corrected chi connectivity index (χ3v) is 5.33. The van der Waals surface area contributed by atoms with Gasteiger partial charge in [0.1, 0.15) is 23.5 Å². The maximum Gasteiger partial charge on any atom is 0.349 e. The van der Waals surface area contributed by atoms with Crippen LogP contribution in [0.25, 0.3) is 6.08 Å². The van der Waals surface area contributed by atoms with Crippen LogP contribution in [-0.4, -0.2) is 31.8 Å². The van der Waals surface area contributed by atoms with E-state index >= 15 is 0 Å². The molecule has 0 radical (unpaired) electrons. The molecule has 0 heterocycles. The average Bonchev–Trinajstić information content (AvgIpc) is 2.70. The van der Waals surface area contributed by atoms with Crippen molar-refractivity contribution in [1.82, 2.24) is 0 Å². The first-order chi connectivity index (χ1) is 13.8. The molecule has 0 aromatic heterocycles. The van der Waals surface area contributed by atoms with Crippen molar-refractivity contribution in [3.8, 4) is 11.8 Å². The summed E-state index contributed by atoms with van der Waals surface area (Å²) in [5, 5.41) is 9.25. The molecule has 6 nitrogen and oxygen atoms in total. The SMILES string of the molecule is COc1ccc(C=C(C#N)C(=O)OCC(=O)OC2CC(C)CCC2C(C)C)cc1. The van der Waals surface area contributed by atoms with E-state index in [-0.39, 0.29) is 11.7 Å². The molecular formula is C23H29NO5. The van der Waals surface area contributed by atoms with Crippen LogP contribution in [0, 0.1) is 29.1 Å². The van der Waals surface area contributed by atoms with Crippen LogP contribution in [0.4, 0.5) is 0 Å². The number of carbonyl (C=O) groups is 2. The highest BCUT2D eigenvalue weighted by molar-refractivity contribution is 5.98. The zero-order valence-electron chi connectivity index (χ0n) is 17.5. The van der Waals surface area contributed by atoms with Gasteiger partial charge in [-0.3, -0.25) is 0 Å². The van der Waals surface area contributed by atoms with Crippen molar-refractivity contribution >= 4 is 18.0 Å². The summed E-state index contributed by atoms with van der Waals surface area (Å²) in [6.45, 7) is 5.91. The second kappa shape index (κ2) is 10.7. The maximum absolute atomic E-state index is 12.2. The van der Waals surface area contributed by atoms with E-state index in [2.05, 4.69) is 20.8 Å². The molecule has 1 aliphatic rings. The number of methoxy groups -OCH3 is 1. The first-order valence-corrected chi connectivity index (χ1v) is 9.96. The lowest BCUT2D eigenvalue weighted by Gasteiger charge is -2.36. The number of rotatable bonds is 7. The van der Waals surface area contributed by atoms with Gasteiger partial charge < -0.3 is 14.2 Å². The third kappa shape index (κ3) is 6.63. The van der Waals surface area contributed by atoms with E-state index in [1.54, 1.807) is 31.4 Å². The topological polar surface area (TPSA) is 85.6 Å². The lowest BCUT2D eigenvalue weighted by Crippen LogP contribution is -2.36. The molecule has 1 aromatic carbocycles. The van der Waals surface area contributed by atoms with E-state index in [1.165, 1.54) is 6.08 Å². The quantitative estimate of drug-likeness (QED) is 0.389. The molecule has 1 aromatic rings. The second-order valence-corrected chi connectivity index (χ2v) is 7.87. The molecule has 0 amide bonds. The largest absolute Gasteiger partial charge is 0.497 e. The molecule has 2 rings (SSSR count). The van der Waals surface area contributed by atoms with Crippen LogP contribution < -0.4 is 4.74 Å². The minimum absolute atomic E-state index is 0.157.